The average Bonchev–Trinajstić information content (AvgIpc) is 2.52. The Balaban J connectivity index is 2.01. The van der Waals surface area contributed by atoms with E-state index in [-0.39, 0.29) is 12.3 Å². The van der Waals surface area contributed by atoms with Crippen LogP contribution in [0.25, 0.3) is 0 Å². The molecule has 1 aliphatic heterocycles. The molecule has 23 heavy (non-hydrogen) atoms. The number of carboxylic acid groups (broad SMARTS) is 1. The Labute approximate surface area is 129 Å². The molecule has 1 aromatic carbocycles. The van der Waals surface area contributed by atoms with Crippen LogP contribution in [0.5, 0.6) is 0 Å². The number of non-ortho nitro benzene ring substituents is 1. The van der Waals surface area contributed by atoms with Crippen LogP contribution in [0.3, 0.4) is 0 Å². The lowest BCUT2D eigenvalue weighted by Gasteiger charge is -2.38. The van der Waals surface area contributed by atoms with Crippen molar-refractivity contribution in [1.29, 1.82) is 0 Å². The van der Waals surface area contributed by atoms with Crippen LogP contribution in [0.2, 0.25) is 0 Å². The third kappa shape index (κ3) is 3.81. The van der Waals surface area contributed by atoms with Gasteiger partial charge in [0.15, 0.2) is 12.4 Å². The minimum Gasteiger partial charge on any atom is -0.479 e. The maximum atomic E-state index is 10.9. The number of nitrogens with zero attached hydrogens (tertiary/aromatic N) is 1. The lowest BCUT2D eigenvalue weighted by atomic mass is 9.99. The van der Waals surface area contributed by atoms with Crippen LogP contribution in [0.1, 0.15) is 5.56 Å². The van der Waals surface area contributed by atoms with Crippen molar-refractivity contribution in [2.45, 2.75) is 37.3 Å². The van der Waals surface area contributed by atoms with Crippen LogP contribution in [-0.2, 0) is 20.9 Å². The lowest BCUT2D eigenvalue weighted by molar-refractivity contribution is -0.384. The summed E-state index contributed by atoms with van der Waals surface area (Å²) in [6.45, 7) is -0.144. The first kappa shape index (κ1) is 17.2. The molecule has 10 heteroatoms. The fourth-order valence-electron chi connectivity index (χ4n) is 2.08. The van der Waals surface area contributed by atoms with E-state index in [1.807, 2.05) is 0 Å². The maximum Gasteiger partial charge on any atom is 0.335 e. The molecule has 0 saturated carbocycles. The normalized spacial score (nSPS) is 30.8. The van der Waals surface area contributed by atoms with Crippen molar-refractivity contribution in [2.75, 3.05) is 0 Å². The molecule has 1 aliphatic rings. The number of hydrogen-bond acceptors (Lipinski definition) is 8. The number of nitro groups is 1. The van der Waals surface area contributed by atoms with Crippen molar-refractivity contribution >= 4 is 11.7 Å². The molecule has 1 fully saturated rings. The zero-order valence-electron chi connectivity index (χ0n) is 11.7. The van der Waals surface area contributed by atoms with E-state index in [4.69, 9.17) is 14.6 Å². The van der Waals surface area contributed by atoms with Crippen molar-refractivity contribution in [3.8, 4) is 0 Å². The summed E-state index contributed by atoms with van der Waals surface area (Å²) in [7, 11) is 0. The van der Waals surface area contributed by atoms with Gasteiger partial charge < -0.3 is 29.9 Å². The zero-order chi connectivity index (χ0) is 17.1. The summed E-state index contributed by atoms with van der Waals surface area (Å²) in [4.78, 5) is 20.9. The molecule has 1 saturated heterocycles. The van der Waals surface area contributed by atoms with Gasteiger partial charge in [-0.1, -0.05) is 0 Å². The van der Waals surface area contributed by atoms with Crippen LogP contribution in [-0.4, -0.2) is 62.0 Å². The molecule has 0 spiro atoms. The quantitative estimate of drug-likeness (QED) is 0.392. The van der Waals surface area contributed by atoms with E-state index in [9.17, 15) is 30.2 Å². The predicted octanol–water partition coefficient (Wildman–Crippen LogP) is -0.996. The summed E-state index contributed by atoms with van der Waals surface area (Å²) in [5, 5.41) is 48.4. The number of nitro benzene ring substituents is 1. The number of aliphatic hydroxyl groups excluding tert-OH is 3. The first-order chi connectivity index (χ1) is 10.8. The summed E-state index contributed by atoms with van der Waals surface area (Å²) in [6, 6.07) is 5.37. The number of ether oxygens (including phenoxy) is 2. The molecule has 10 nitrogen and oxygen atoms in total. The standard InChI is InChI=1S/C13H15NO9/c15-8-9(16)11(12(18)19)23-13(10(8)17)22-5-6-1-3-7(4-2-6)14(20)21/h1-4,8-11,13,15-17H,5H2,(H,18,19)/t8-,9-,10+,11-,13+/m0/s1. The molecule has 0 bridgehead atoms. The highest BCUT2D eigenvalue weighted by Crippen LogP contribution is 2.23. The molecule has 0 aliphatic carbocycles. The highest BCUT2D eigenvalue weighted by Gasteiger charge is 2.47. The van der Waals surface area contributed by atoms with Crippen LogP contribution in [0.4, 0.5) is 5.69 Å². The molecular formula is C13H15NO9. The minimum atomic E-state index is -1.79. The van der Waals surface area contributed by atoms with Crippen LogP contribution in [0.15, 0.2) is 24.3 Å². The summed E-state index contributed by atoms with van der Waals surface area (Å²) >= 11 is 0. The summed E-state index contributed by atoms with van der Waals surface area (Å²) in [5.74, 6) is -1.51. The first-order valence-corrected chi connectivity index (χ1v) is 6.58. The lowest BCUT2D eigenvalue weighted by Crippen LogP contribution is -2.60. The molecule has 126 valence electrons. The number of carboxylic acids is 1. The molecular weight excluding hydrogens is 314 g/mol. The van der Waals surface area contributed by atoms with Crippen LogP contribution in [0, 0.1) is 10.1 Å². The van der Waals surface area contributed by atoms with Gasteiger partial charge in [-0.05, 0) is 17.7 Å². The Hall–Kier alpha value is -2.11. The van der Waals surface area contributed by atoms with Crippen molar-refractivity contribution in [3.05, 3.63) is 39.9 Å². The van der Waals surface area contributed by atoms with Gasteiger partial charge in [0.05, 0.1) is 11.5 Å². The second kappa shape index (κ2) is 6.98. The van der Waals surface area contributed by atoms with Gasteiger partial charge in [0.25, 0.3) is 5.69 Å². The second-order valence-electron chi connectivity index (χ2n) is 4.97. The van der Waals surface area contributed by atoms with Gasteiger partial charge in [-0.3, -0.25) is 10.1 Å². The zero-order valence-corrected chi connectivity index (χ0v) is 11.7. The number of benzene rings is 1. The van der Waals surface area contributed by atoms with Gasteiger partial charge in [0.2, 0.25) is 0 Å². The SMILES string of the molecule is O=C(O)[C@H]1O[C@@H](OCc2ccc([N+](=O)[O-])cc2)[C@H](O)[C@@H](O)[C@@H]1O. The Morgan fingerprint density at radius 1 is 1.17 bits per heavy atom. The molecule has 4 N–H and O–H groups in total. The highest BCUT2D eigenvalue weighted by atomic mass is 16.7. The molecule has 1 heterocycles. The third-order valence-electron chi connectivity index (χ3n) is 3.37. The molecule has 0 amide bonds. The molecule has 0 radical (unpaired) electrons. The van der Waals surface area contributed by atoms with Gasteiger partial charge >= 0.3 is 5.97 Å². The topological polar surface area (TPSA) is 160 Å². The van der Waals surface area contributed by atoms with E-state index in [0.29, 0.717) is 5.56 Å². The summed E-state index contributed by atoms with van der Waals surface area (Å²) in [6.07, 6.45) is -8.38. The minimum absolute atomic E-state index is 0.104. The number of aliphatic hydroxyl groups is 3. The van der Waals surface area contributed by atoms with E-state index in [0.717, 1.165) is 0 Å². The number of carbonyl (C=O) groups is 1. The molecule has 1 aromatic rings. The Morgan fingerprint density at radius 3 is 2.30 bits per heavy atom. The average molecular weight is 329 g/mol. The van der Waals surface area contributed by atoms with E-state index in [1.165, 1.54) is 24.3 Å². The summed E-state index contributed by atoms with van der Waals surface area (Å²) in [5.41, 5.74) is 0.408. The monoisotopic (exact) mass is 329 g/mol. The smallest absolute Gasteiger partial charge is 0.335 e. The van der Waals surface area contributed by atoms with Gasteiger partial charge in [-0.2, -0.15) is 0 Å². The fourth-order valence-corrected chi connectivity index (χ4v) is 2.08. The number of aliphatic carboxylic acids is 1. The van der Waals surface area contributed by atoms with Crippen molar-refractivity contribution in [1.82, 2.24) is 0 Å². The molecule has 0 aromatic heterocycles. The van der Waals surface area contributed by atoms with E-state index < -0.39 is 41.6 Å². The second-order valence-corrected chi connectivity index (χ2v) is 4.97. The van der Waals surface area contributed by atoms with Crippen molar-refractivity contribution in [2.24, 2.45) is 0 Å². The largest absolute Gasteiger partial charge is 0.479 e. The van der Waals surface area contributed by atoms with Gasteiger partial charge in [0.1, 0.15) is 18.3 Å². The van der Waals surface area contributed by atoms with E-state index in [2.05, 4.69) is 0 Å². The Morgan fingerprint density at radius 2 is 1.78 bits per heavy atom. The highest BCUT2D eigenvalue weighted by molar-refractivity contribution is 5.73. The third-order valence-corrected chi connectivity index (χ3v) is 3.37. The maximum absolute atomic E-state index is 10.9. The Kier molecular flexibility index (Phi) is 5.23. The van der Waals surface area contributed by atoms with Crippen molar-refractivity contribution in [3.63, 3.8) is 0 Å². The van der Waals surface area contributed by atoms with Gasteiger partial charge in [0, 0.05) is 12.1 Å². The van der Waals surface area contributed by atoms with E-state index in [1.54, 1.807) is 0 Å². The molecule has 0 unspecified atom stereocenters. The van der Waals surface area contributed by atoms with Crippen LogP contribution >= 0.6 is 0 Å². The first-order valence-electron chi connectivity index (χ1n) is 6.58. The number of hydrogen-bond donors (Lipinski definition) is 4. The van der Waals surface area contributed by atoms with Crippen molar-refractivity contribution < 1.29 is 39.6 Å². The van der Waals surface area contributed by atoms with Gasteiger partial charge in [-0.25, -0.2) is 4.79 Å². The Bertz CT molecular complexity index is 575. The fraction of sp³-hybridized carbons (Fsp3) is 0.462. The van der Waals surface area contributed by atoms with Crippen LogP contribution < -0.4 is 0 Å². The molecule has 2 rings (SSSR count). The van der Waals surface area contributed by atoms with Gasteiger partial charge in [-0.15, -0.1) is 0 Å². The van der Waals surface area contributed by atoms with E-state index >= 15 is 0 Å². The number of rotatable bonds is 5. The predicted molar refractivity (Wildman–Crippen MR) is 72.2 cm³/mol. The summed E-state index contributed by atoms with van der Waals surface area (Å²) < 4.78 is 10.1. The molecule has 5 atom stereocenters.